The van der Waals surface area contributed by atoms with Crippen molar-refractivity contribution in [2.75, 3.05) is 0 Å². The van der Waals surface area contributed by atoms with E-state index in [2.05, 4.69) is 4.98 Å². The van der Waals surface area contributed by atoms with Gasteiger partial charge in [-0.2, -0.15) is 0 Å². The molecule has 1 aromatic rings. The Bertz CT molecular complexity index is 400. The van der Waals surface area contributed by atoms with Crippen LogP contribution < -0.4 is 4.74 Å². The van der Waals surface area contributed by atoms with E-state index in [0.717, 1.165) is 5.69 Å². The summed E-state index contributed by atoms with van der Waals surface area (Å²) >= 11 is 0. The van der Waals surface area contributed by atoms with Gasteiger partial charge in [0.25, 0.3) is 0 Å². The lowest BCUT2D eigenvalue weighted by Gasteiger charge is -2.15. The average Bonchev–Trinajstić information content (AvgIpc) is 2.15. The molecule has 0 aliphatic heterocycles. The van der Waals surface area contributed by atoms with Gasteiger partial charge in [0.1, 0.15) is 11.3 Å². The first-order chi connectivity index (χ1) is 7.90. The summed E-state index contributed by atoms with van der Waals surface area (Å²) in [5, 5.41) is 0. The fourth-order valence-electron chi connectivity index (χ4n) is 1.32. The number of aryl methyl sites for hydroxylation is 1. The SMILES string of the molecule is Cc1cc(OC(C)C)c(C(=O)OC(C)C)cn1. The van der Waals surface area contributed by atoms with Gasteiger partial charge in [0, 0.05) is 18.0 Å². The fraction of sp³-hybridized carbons (Fsp3) is 0.538. The number of pyridine rings is 1. The Morgan fingerprint density at radius 2 is 1.88 bits per heavy atom. The molecule has 0 aromatic carbocycles. The van der Waals surface area contributed by atoms with E-state index in [1.807, 2.05) is 34.6 Å². The summed E-state index contributed by atoms with van der Waals surface area (Å²) in [6.07, 6.45) is 1.34. The predicted octanol–water partition coefficient (Wildman–Crippen LogP) is 2.74. The van der Waals surface area contributed by atoms with E-state index in [-0.39, 0.29) is 12.2 Å². The van der Waals surface area contributed by atoms with Gasteiger partial charge in [-0.25, -0.2) is 4.79 Å². The Balaban J connectivity index is 3.01. The molecule has 0 atom stereocenters. The van der Waals surface area contributed by atoms with Gasteiger partial charge >= 0.3 is 5.97 Å². The number of hydrogen-bond acceptors (Lipinski definition) is 4. The lowest BCUT2D eigenvalue weighted by atomic mass is 10.2. The molecular weight excluding hydrogens is 218 g/mol. The molecule has 0 fully saturated rings. The number of carbonyl (C=O) groups is 1. The molecular formula is C13H19NO3. The molecule has 0 spiro atoms. The normalized spacial score (nSPS) is 10.8. The molecule has 1 rings (SSSR count). The molecule has 0 bridgehead atoms. The molecule has 0 unspecified atom stereocenters. The minimum absolute atomic E-state index is 0.00222. The second kappa shape index (κ2) is 5.66. The Hall–Kier alpha value is -1.58. The largest absolute Gasteiger partial charge is 0.490 e. The number of aromatic nitrogens is 1. The van der Waals surface area contributed by atoms with Gasteiger partial charge in [-0.3, -0.25) is 4.98 Å². The first kappa shape index (κ1) is 13.5. The number of rotatable bonds is 4. The van der Waals surface area contributed by atoms with Gasteiger partial charge < -0.3 is 9.47 Å². The van der Waals surface area contributed by atoms with Crippen LogP contribution in [0.25, 0.3) is 0 Å². The minimum atomic E-state index is -0.400. The number of carbonyl (C=O) groups excluding carboxylic acids is 1. The van der Waals surface area contributed by atoms with Crippen molar-refractivity contribution in [2.24, 2.45) is 0 Å². The monoisotopic (exact) mass is 237 g/mol. The molecule has 1 aromatic heterocycles. The molecule has 1 heterocycles. The highest BCUT2D eigenvalue weighted by atomic mass is 16.5. The first-order valence-corrected chi connectivity index (χ1v) is 5.74. The average molecular weight is 237 g/mol. The van der Waals surface area contributed by atoms with Crippen LogP contribution in [-0.4, -0.2) is 23.2 Å². The van der Waals surface area contributed by atoms with E-state index in [0.29, 0.717) is 11.3 Å². The zero-order valence-electron chi connectivity index (χ0n) is 11.0. The van der Waals surface area contributed by atoms with Gasteiger partial charge in [0.05, 0.1) is 12.2 Å². The van der Waals surface area contributed by atoms with E-state index in [9.17, 15) is 4.79 Å². The van der Waals surface area contributed by atoms with Crippen LogP contribution in [0.3, 0.4) is 0 Å². The quantitative estimate of drug-likeness (QED) is 0.755. The second-order valence-electron chi connectivity index (χ2n) is 4.44. The lowest BCUT2D eigenvalue weighted by molar-refractivity contribution is 0.0371. The van der Waals surface area contributed by atoms with E-state index < -0.39 is 5.97 Å². The molecule has 0 amide bonds. The molecule has 0 N–H and O–H groups in total. The van der Waals surface area contributed by atoms with Crippen molar-refractivity contribution in [1.29, 1.82) is 0 Å². The standard InChI is InChI=1S/C13H19NO3/c1-8(2)16-12-6-10(5)14-7-11(12)13(15)17-9(3)4/h6-9H,1-5H3. The number of nitrogens with zero attached hydrogens (tertiary/aromatic N) is 1. The van der Waals surface area contributed by atoms with E-state index in [1.54, 1.807) is 6.07 Å². The first-order valence-electron chi connectivity index (χ1n) is 5.74. The van der Waals surface area contributed by atoms with Gasteiger partial charge in [-0.15, -0.1) is 0 Å². The number of ether oxygens (including phenoxy) is 2. The van der Waals surface area contributed by atoms with Crippen LogP contribution in [0.15, 0.2) is 12.3 Å². The molecule has 0 aliphatic carbocycles. The van der Waals surface area contributed by atoms with Crippen molar-refractivity contribution in [2.45, 2.75) is 46.8 Å². The van der Waals surface area contributed by atoms with Gasteiger partial charge in [0.15, 0.2) is 0 Å². The third kappa shape index (κ3) is 4.06. The maximum atomic E-state index is 11.8. The summed E-state index contributed by atoms with van der Waals surface area (Å²) in [4.78, 5) is 15.9. The van der Waals surface area contributed by atoms with Gasteiger partial charge in [0.2, 0.25) is 0 Å². The van der Waals surface area contributed by atoms with Crippen LogP contribution >= 0.6 is 0 Å². The summed E-state index contributed by atoms with van der Waals surface area (Å²) in [5.74, 6) is 0.126. The Morgan fingerprint density at radius 1 is 1.24 bits per heavy atom. The predicted molar refractivity (Wildman–Crippen MR) is 65.3 cm³/mol. The Labute approximate surface area is 102 Å². The van der Waals surface area contributed by atoms with Crippen LogP contribution in [0.2, 0.25) is 0 Å². The third-order valence-corrected chi connectivity index (χ3v) is 1.93. The van der Waals surface area contributed by atoms with Crippen LogP contribution in [0.1, 0.15) is 43.7 Å². The van der Waals surface area contributed by atoms with Crippen LogP contribution in [-0.2, 0) is 4.74 Å². The van der Waals surface area contributed by atoms with Crippen molar-refractivity contribution in [3.8, 4) is 5.75 Å². The van der Waals surface area contributed by atoms with Crippen molar-refractivity contribution in [3.05, 3.63) is 23.5 Å². The maximum Gasteiger partial charge on any atom is 0.343 e. The lowest BCUT2D eigenvalue weighted by Crippen LogP contribution is -2.15. The molecule has 94 valence electrons. The molecule has 0 radical (unpaired) electrons. The fourth-order valence-corrected chi connectivity index (χ4v) is 1.32. The zero-order chi connectivity index (χ0) is 13.0. The molecule has 0 aliphatic rings. The van der Waals surface area contributed by atoms with Crippen molar-refractivity contribution < 1.29 is 14.3 Å². The number of esters is 1. The molecule has 4 nitrogen and oxygen atoms in total. The third-order valence-electron chi connectivity index (χ3n) is 1.93. The van der Waals surface area contributed by atoms with E-state index >= 15 is 0 Å². The highest BCUT2D eigenvalue weighted by Gasteiger charge is 2.17. The summed E-state index contributed by atoms with van der Waals surface area (Å²) in [6, 6.07) is 1.75. The molecule has 0 saturated heterocycles. The summed E-state index contributed by atoms with van der Waals surface area (Å²) in [6.45, 7) is 9.29. The molecule has 17 heavy (non-hydrogen) atoms. The second-order valence-corrected chi connectivity index (χ2v) is 4.44. The maximum absolute atomic E-state index is 11.8. The minimum Gasteiger partial charge on any atom is -0.490 e. The highest BCUT2D eigenvalue weighted by molar-refractivity contribution is 5.92. The van der Waals surface area contributed by atoms with E-state index in [1.165, 1.54) is 6.20 Å². The number of hydrogen-bond donors (Lipinski definition) is 0. The highest BCUT2D eigenvalue weighted by Crippen LogP contribution is 2.21. The van der Waals surface area contributed by atoms with Crippen LogP contribution in [0.4, 0.5) is 0 Å². The molecule has 0 saturated carbocycles. The Kier molecular flexibility index (Phi) is 4.49. The van der Waals surface area contributed by atoms with Crippen LogP contribution in [0, 0.1) is 6.92 Å². The van der Waals surface area contributed by atoms with E-state index in [4.69, 9.17) is 9.47 Å². The zero-order valence-corrected chi connectivity index (χ0v) is 11.0. The van der Waals surface area contributed by atoms with Crippen molar-refractivity contribution >= 4 is 5.97 Å². The van der Waals surface area contributed by atoms with Crippen LogP contribution in [0.5, 0.6) is 5.75 Å². The Morgan fingerprint density at radius 3 is 2.41 bits per heavy atom. The summed E-state index contributed by atoms with van der Waals surface area (Å²) in [7, 11) is 0. The van der Waals surface area contributed by atoms with Gasteiger partial charge in [-0.1, -0.05) is 0 Å². The smallest absolute Gasteiger partial charge is 0.343 e. The molecule has 4 heteroatoms. The summed E-state index contributed by atoms with van der Waals surface area (Å²) in [5.41, 5.74) is 1.18. The van der Waals surface area contributed by atoms with Crippen molar-refractivity contribution in [3.63, 3.8) is 0 Å². The van der Waals surface area contributed by atoms with Crippen molar-refractivity contribution in [1.82, 2.24) is 4.98 Å². The summed E-state index contributed by atoms with van der Waals surface area (Å²) < 4.78 is 10.7. The topological polar surface area (TPSA) is 48.4 Å². The van der Waals surface area contributed by atoms with Gasteiger partial charge in [-0.05, 0) is 34.6 Å².